The van der Waals surface area contributed by atoms with Gasteiger partial charge in [0.1, 0.15) is 6.10 Å². The maximum atomic E-state index is 13.5. The molecule has 156 valence electrons. The zero-order valence-electron chi connectivity index (χ0n) is 16.1. The molecule has 0 radical (unpaired) electrons. The number of rotatable bonds is 4. The number of aliphatic imine (C=N–C) groups is 1. The predicted molar refractivity (Wildman–Crippen MR) is 115 cm³/mol. The van der Waals surface area contributed by atoms with Crippen molar-refractivity contribution in [1.29, 1.82) is 0 Å². The lowest BCUT2D eigenvalue weighted by atomic mass is 10.2. The van der Waals surface area contributed by atoms with E-state index in [4.69, 9.17) is 4.74 Å². The Bertz CT molecular complexity index is 690. The molecule has 0 spiro atoms. The van der Waals surface area contributed by atoms with Crippen molar-refractivity contribution < 1.29 is 19.0 Å². The number of nitrogens with one attached hydrogen (secondary N) is 1. The van der Waals surface area contributed by atoms with Crippen LogP contribution in [0.2, 0.25) is 0 Å². The van der Waals surface area contributed by atoms with Crippen LogP contribution in [0.3, 0.4) is 0 Å². The number of piperazine rings is 1. The van der Waals surface area contributed by atoms with Crippen molar-refractivity contribution in [3.05, 3.63) is 29.6 Å². The summed E-state index contributed by atoms with van der Waals surface area (Å²) in [4.78, 5) is 21.0. The van der Waals surface area contributed by atoms with E-state index in [2.05, 4.69) is 15.2 Å². The van der Waals surface area contributed by atoms with Crippen LogP contribution in [0, 0.1) is 5.82 Å². The van der Waals surface area contributed by atoms with E-state index in [1.165, 1.54) is 12.1 Å². The zero-order valence-corrected chi connectivity index (χ0v) is 18.4. The molecule has 3 rings (SSSR count). The number of benzene rings is 1. The number of carbonyl (C=O) groups is 1. The second kappa shape index (κ2) is 10.8. The summed E-state index contributed by atoms with van der Waals surface area (Å²) in [7, 11) is 0. The minimum Gasteiger partial charge on any atom is -0.505 e. The molecule has 1 aromatic rings. The topological polar surface area (TPSA) is 77.4 Å². The number of phenols is 1. The van der Waals surface area contributed by atoms with Gasteiger partial charge in [-0.1, -0.05) is 6.07 Å². The van der Waals surface area contributed by atoms with E-state index in [0.717, 1.165) is 25.3 Å². The Balaban J connectivity index is 0.00000280. The highest BCUT2D eigenvalue weighted by molar-refractivity contribution is 14.0. The Morgan fingerprint density at radius 2 is 2.04 bits per heavy atom. The largest absolute Gasteiger partial charge is 0.505 e. The maximum Gasteiger partial charge on any atom is 0.251 e. The van der Waals surface area contributed by atoms with Gasteiger partial charge in [0.2, 0.25) is 0 Å². The van der Waals surface area contributed by atoms with Gasteiger partial charge in [-0.15, -0.1) is 24.0 Å². The molecule has 2 aliphatic rings. The van der Waals surface area contributed by atoms with Gasteiger partial charge >= 0.3 is 0 Å². The summed E-state index contributed by atoms with van der Waals surface area (Å²) in [6.45, 7) is 6.35. The van der Waals surface area contributed by atoms with Gasteiger partial charge < -0.3 is 25.0 Å². The number of phenolic OH excluding ortho intramolecular Hbond substituents is 1. The van der Waals surface area contributed by atoms with E-state index in [1.54, 1.807) is 6.07 Å². The fourth-order valence-electron chi connectivity index (χ4n) is 3.36. The fourth-order valence-corrected chi connectivity index (χ4v) is 3.36. The van der Waals surface area contributed by atoms with Gasteiger partial charge in [-0.2, -0.15) is 0 Å². The van der Waals surface area contributed by atoms with Crippen LogP contribution < -0.4 is 5.32 Å². The van der Waals surface area contributed by atoms with Gasteiger partial charge in [-0.25, -0.2) is 9.38 Å². The molecule has 0 aliphatic carbocycles. The van der Waals surface area contributed by atoms with E-state index < -0.39 is 5.82 Å². The molecule has 2 aliphatic heterocycles. The third-order valence-corrected chi connectivity index (χ3v) is 4.85. The van der Waals surface area contributed by atoms with Crippen LogP contribution in [-0.4, -0.2) is 72.2 Å². The quantitative estimate of drug-likeness (QED) is 0.371. The predicted octanol–water partition coefficient (Wildman–Crippen LogP) is 1.94. The molecule has 9 heteroatoms. The zero-order chi connectivity index (χ0) is 19.2. The van der Waals surface area contributed by atoms with Crippen LogP contribution in [0.5, 0.6) is 5.75 Å². The van der Waals surface area contributed by atoms with Crippen molar-refractivity contribution in [3.8, 4) is 5.75 Å². The van der Waals surface area contributed by atoms with Crippen molar-refractivity contribution in [1.82, 2.24) is 15.1 Å². The van der Waals surface area contributed by atoms with Crippen LogP contribution in [0.15, 0.2) is 23.2 Å². The van der Waals surface area contributed by atoms with E-state index in [-0.39, 0.29) is 41.7 Å². The molecule has 0 aromatic heterocycles. The van der Waals surface area contributed by atoms with Crippen molar-refractivity contribution in [2.75, 3.05) is 39.3 Å². The number of ether oxygens (including phenoxy) is 1. The molecular weight excluding hydrogens is 478 g/mol. The SMILES string of the molecule is CCNC(=NCc1ccc(O)c(F)c1)N1CCN(C(=O)C2CCCO2)CC1.I. The van der Waals surface area contributed by atoms with E-state index >= 15 is 0 Å². The number of carbonyl (C=O) groups excluding carboxylic acids is 1. The lowest BCUT2D eigenvalue weighted by Crippen LogP contribution is -2.55. The third-order valence-electron chi connectivity index (χ3n) is 4.85. The third kappa shape index (κ3) is 5.69. The number of hydrogen-bond acceptors (Lipinski definition) is 4. The van der Waals surface area contributed by atoms with Crippen LogP contribution in [-0.2, 0) is 16.1 Å². The van der Waals surface area contributed by atoms with Crippen LogP contribution in [0.25, 0.3) is 0 Å². The number of aromatic hydroxyl groups is 1. The van der Waals surface area contributed by atoms with Crippen molar-refractivity contribution >= 4 is 35.8 Å². The summed E-state index contributed by atoms with van der Waals surface area (Å²) in [5, 5.41) is 12.5. The molecule has 28 heavy (non-hydrogen) atoms. The Labute approximate surface area is 182 Å². The lowest BCUT2D eigenvalue weighted by Gasteiger charge is -2.37. The molecule has 1 amide bonds. The number of amides is 1. The monoisotopic (exact) mass is 506 g/mol. The molecule has 2 heterocycles. The molecule has 1 atom stereocenters. The summed E-state index contributed by atoms with van der Waals surface area (Å²) < 4.78 is 19.0. The second-order valence-electron chi connectivity index (χ2n) is 6.77. The molecule has 2 fully saturated rings. The number of nitrogens with zero attached hydrogens (tertiary/aromatic N) is 3. The highest BCUT2D eigenvalue weighted by Crippen LogP contribution is 2.18. The van der Waals surface area contributed by atoms with E-state index in [9.17, 15) is 14.3 Å². The summed E-state index contributed by atoms with van der Waals surface area (Å²) >= 11 is 0. The first kappa shape index (κ1) is 22.7. The summed E-state index contributed by atoms with van der Waals surface area (Å²) in [5.74, 6) is -0.167. The minimum atomic E-state index is -0.644. The summed E-state index contributed by atoms with van der Waals surface area (Å²) in [5.41, 5.74) is 0.688. The number of halogens is 2. The first-order valence-electron chi connectivity index (χ1n) is 9.49. The van der Waals surface area contributed by atoms with Crippen molar-refractivity contribution in [3.63, 3.8) is 0 Å². The number of hydrogen-bond donors (Lipinski definition) is 2. The molecule has 1 unspecified atom stereocenters. The lowest BCUT2D eigenvalue weighted by molar-refractivity contribution is -0.142. The fraction of sp³-hybridized carbons (Fsp3) is 0.579. The Morgan fingerprint density at radius 3 is 2.64 bits per heavy atom. The van der Waals surface area contributed by atoms with Crippen LogP contribution in [0.1, 0.15) is 25.3 Å². The van der Waals surface area contributed by atoms with E-state index in [1.807, 2.05) is 11.8 Å². The average Bonchev–Trinajstić information content (AvgIpc) is 3.22. The summed E-state index contributed by atoms with van der Waals surface area (Å²) in [6, 6.07) is 4.28. The Morgan fingerprint density at radius 1 is 1.32 bits per heavy atom. The van der Waals surface area contributed by atoms with Gasteiger partial charge in [-0.3, -0.25) is 4.79 Å². The van der Waals surface area contributed by atoms with Gasteiger partial charge in [0.25, 0.3) is 5.91 Å². The first-order valence-corrected chi connectivity index (χ1v) is 9.49. The van der Waals surface area contributed by atoms with Crippen molar-refractivity contribution in [2.24, 2.45) is 4.99 Å². The summed E-state index contributed by atoms with van der Waals surface area (Å²) in [6.07, 6.45) is 1.49. The van der Waals surface area contributed by atoms with Gasteiger partial charge in [-0.05, 0) is 37.5 Å². The molecule has 2 saturated heterocycles. The Hall–Kier alpha value is -1.62. The first-order chi connectivity index (χ1) is 13.1. The minimum absolute atomic E-state index is 0. The second-order valence-corrected chi connectivity index (χ2v) is 6.77. The smallest absolute Gasteiger partial charge is 0.251 e. The average molecular weight is 506 g/mol. The van der Waals surface area contributed by atoms with Crippen LogP contribution in [0.4, 0.5) is 4.39 Å². The highest BCUT2D eigenvalue weighted by atomic mass is 127. The molecule has 0 bridgehead atoms. The van der Waals surface area contributed by atoms with Gasteiger partial charge in [0, 0.05) is 39.3 Å². The molecule has 1 aromatic carbocycles. The van der Waals surface area contributed by atoms with Gasteiger partial charge in [0.05, 0.1) is 6.54 Å². The maximum absolute atomic E-state index is 13.5. The molecule has 0 saturated carbocycles. The molecule has 2 N–H and O–H groups in total. The standard InChI is InChI=1S/C19H27FN4O3.HI/c1-2-21-19(22-13-14-5-6-16(25)15(20)12-14)24-9-7-23(8-10-24)18(26)17-4-3-11-27-17;/h5-6,12,17,25H,2-4,7-11,13H2,1H3,(H,21,22);1H. The number of guanidine groups is 1. The Kier molecular flexibility index (Phi) is 8.74. The van der Waals surface area contributed by atoms with Gasteiger partial charge in [0.15, 0.2) is 17.5 Å². The van der Waals surface area contributed by atoms with E-state index in [0.29, 0.717) is 44.9 Å². The molecule has 7 nitrogen and oxygen atoms in total. The highest BCUT2D eigenvalue weighted by Gasteiger charge is 2.30. The molecular formula is C19H28FIN4O3. The van der Waals surface area contributed by atoms with Crippen molar-refractivity contribution in [2.45, 2.75) is 32.4 Å². The van der Waals surface area contributed by atoms with Crippen LogP contribution >= 0.6 is 24.0 Å². The normalized spacial score (nSPS) is 20.1.